The molecule has 1 aliphatic heterocycles. The Hall–Kier alpha value is -1.07. The van der Waals surface area contributed by atoms with E-state index < -0.39 is 9.84 Å². The van der Waals surface area contributed by atoms with Crippen molar-refractivity contribution < 1.29 is 8.42 Å². The van der Waals surface area contributed by atoms with Crippen LogP contribution in [0, 0.1) is 0 Å². The Kier molecular flexibility index (Phi) is 3.27. The highest BCUT2D eigenvalue weighted by atomic mass is 32.2. The van der Waals surface area contributed by atoms with Gasteiger partial charge in [0.2, 0.25) is 0 Å². The summed E-state index contributed by atoms with van der Waals surface area (Å²) in [7, 11) is -2.85. The van der Waals surface area contributed by atoms with Crippen molar-refractivity contribution in [3.8, 4) is 0 Å². The van der Waals surface area contributed by atoms with Crippen LogP contribution in [0.3, 0.4) is 0 Å². The van der Waals surface area contributed by atoms with Crippen LogP contribution in [-0.4, -0.2) is 26.0 Å². The lowest BCUT2D eigenvalue weighted by atomic mass is 10.1. The molecule has 5 heteroatoms. The van der Waals surface area contributed by atoms with E-state index in [1.807, 2.05) is 12.1 Å². The van der Waals surface area contributed by atoms with Crippen LogP contribution in [0.5, 0.6) is 0 Å². The number of hydrogen-bond donors (Lipinski definition) is 2. The van der Waals surface area contributed by atoms with E-state index in [4.69, 9.17) is 5.73 Å². The number of fused-ring (bicyclic) bond motifs is 1. The summed E-state index contributed by atoms with van der Waals surface area (Å²) >= 11 is 0. The fourth-order valence-corrected chi connectivity index (χ4v) is 4.99. The molecule has 0 spiro atoms. The molecule has 1 aromatic rings. The fraction of sp³-hybridized carbons (Fsp3) is 0.571. The van der Waals surface area contributed by atoms with Crippen molar-refractivity contribution in [2.45, 2.75) is 37.0 Å². The zero-order valence-corrected chi connectivity index (χ0v) is 11.7. The minimum absolute atomic E-state index is 0.190. The summed E-state index contributed by atoms with van der Waals surface area (Å²) in [5.41, 5.74) is 9.17. The minimum Gasteiger partial charge on any atom is -0.399 e. The standard InChI is InChI=1S/C14H20N2O2S/c15-11-4-5-13-10(8-11)3-6-14(13)16-9-12-2-1-7-19(12,17)18/h4-5,8,12,14,16H,1-3,6-7,9,15H2. The number of hydrogen-bond acceptors (Lipinski definition) is 4. The van der Waals surface area contributed by atoms with Gasteiger partial charge in [-0.15, -0.1) is 0 Å². The van der Waals surface area contributed by atoms with Crippen molar-refractivity contribution in [3.63, 3.8) is 0 Å². The maximum atomic E-state index is 11.8. The largest absolute Gasteiger partial charge is 0.399 e. The van der Waals surface area contributed by atoms with Gasteiger partial charge in [0.15, 0.2) is 9.84 Å². The molecular formula is C14H20N2O2S. The molecule has 1 saturated heterocycles. The molecule has 0 radical (unpaired) electrons. The van der Waals surface area contributed by atoms with Crippen LogP contribution >= 0.6 is 0 Å². The van der Waals surface area contributed by atoms with Gasteiger partial charge in [0.1, 0.15) is 0 Å². The van der Waals surface area contributed by atoms with E-state index in [9.17, 15) is 8.42 Å². The predicted molar refractivity (Wildman–Crippen MR) is 76.7 cm³/mol. The highest BCUT2D eigenvalue weighted by molar-refractivity contribution is 7.92. The first-order valence-electron chi connectivity index (χ1n) is 6.89. The second-order valence-electron chi connectivity index (χ2n) is 5.59. The molecule has 19 heavy (non-hydrogen) atoms. The molecule has 104 valence electrons. The van der Waals surface area contributed by atoms with Crippen LogP contribution in [0.1, 0.15) is 36.4 Å². The third-order valence-electron chi connectivity index (χ3n) is 4.30. The lowest BCUT2D eigenvalue weighted by Gasteiger charge is -2.17. The minimum atomic E-state index is -2.85. The maximum Gasteiger partial charge on any atom is 0.154 e. The van der Waals surface area contributed by atoms with Crippen LogP contribution in [0.4, 0.5) is 5.69 Å². The first-order valence-corrected chi connectivity index (χ1v) is 8.61. The molecule has 1 aromatic carbocycles. The normalized spacial score (nSPS) is 28.4. The van der Waals surface area contributed by atoms with E-state index in [0.29, 0.717) is 12.3 Å². The quantitative estimate of drug-likeness (QED) is 0.821. The molecule has 2 aliphatic rings. The first kappa shape index (κ1) is 12.9. The number of sulfone groups is 1. The highest BCUT2D eigenvalue weighted by Gasteiger charge is 2.32. The summed E-state index contributed by atoms with van der Waals surface area (Å²) in [6, 6.07) is 6.30. The molecule has 0 amide bonds. The van der Waals surface area contributed by atoms with Crippen molar-refractivity contribution in [1.29, 1.82) is 0 Å². The van der Waals surface area contributed by atoms with E-state index in [0.717, 1.165) is 31.4 Å². The number of aryl methyl sites for hydroxylation is 1. The molecule has 3 rings (SSSR count). The summed E-state index contributed by atoms with van der Waals surface area (Å²) in [6.07, 6.45) is 3.67. The molecule has 0 saturated carbocycles. The summed E-state index contributed by atoms with van der Waals surface area (Å²) in [5, 5.41) is 3.25. The van der Waals surface area contributed by atoms with Gasteiger partial charge in [0.05, 0.1) is 11.0 Å². The smallest absolute Gasteiger partial charge is 0.154 e. The number of nitrogen functional groups attached to an aromatic ring is 1. The Balaban J connectivity index is 1.67. The Morgan fingerprint density at radius 2 is 2.16 bits per heavy atom. The van der Waals surface area contributed by atoms with Crippen molar-refractivity contribution in [2.24, 2.45) is 0 Å². The zero-order valence-electron chi connectivity index (χ0n) is 10.9. The molecule has 2 atom stereocenters. The number of benzene rings is 1. The van der Waals surface area contributed by atoms with E-state index in [1.165, 1.54) is 11.1 Å². The average molecular weight is 280 g/mol. The van der Waals surface area contributed by atoms with Gasteiger partial charge in [-0.1, -0.05) is 6.07 Å². The molecule has 4 nitrogen and oxygen atoms in total. The lowest BCUT2D eigenvalue weighted by molar-refractivity contribution is 0.510. The zero-order chi connectivity index (χ0) is 13.5. The van der Waals surface area contributed by atoms with Gasteiger partial charge < -0.3 is 11.1 Å². The van der Waals surface area contributed by atoms with Crippen LogP contribution in [0.2, 0.25) is 0 Å². The van der Waals surface area contributed by atoms with Crippen molar-refractivity contribution in [3.05, 3.63) is 29.3 Å². The van der Waals surface area contributed by atoms with E-state index in [2.05, 4.69) is 11.4 Å². The molecule has 1 aliphatic carbocycles. The molecule has 3 N–H and O–H groups in total. The third kappa shape index (κ3) is 2.49. The molecular weight excluding hydrogens is 260 g/mol. The molecule has 1 heterocycles. The maximum absolute atomic E-state index is 11.8. The second-order valence-corrected chi connectivity index (χ2v) is 7.99. The van der Waals surface area contributed by atoms with Crippen molar-refractivity contribution in [2.75, 3.05) is 18.0 Å². The van der Waals surface area contributed by atoms with E-state index >= 15 is 0 Å². The molecule has 1 fully saturated rings. The Labute approximate surface area is 114 Å². The summed E-state index contributed by atoms with van der Waals surface area (Å²) in [6.45, 7) is 0.580. The SMILES string of the molecule is Nc1ccc2c(c1)CCC2NCC1CCCS1(=O)=O. The Morgan fingerprint density at radius 1 is 1.32 bits per heavy atom. The van der Waals surface area contributed by atoms with Crippen molar-refractivity contribution in [1.82, 2.24) is 5.32 Å². The van der Waals surface area contributed by atoms with Crippen LogP contribution in [-0.2, 0) is 16.3 Å². The second kappa shape index (κ2) is 4.80. The lowest BCUT2D eigenvalue weighted by Crippen LogP contribution is -2.32. The van der Waals surface area contributed by atoms with Gasteiger partial charge in [-0.2, -0.15) is 0 Å². The molecule has 0 bridgehead atoms. The van der Waals surface area contributed by atoms with Gasteiger partial charge in [-0.3, -0.25) is 0 Å². The Morgan fingerprint density at radius 3 is 2.89 bits per heavy atom. The average Bonchev–Trinajstić information content (AvgIpc) is 2.89. The fourth-order valence-electron chi connectivity index (χ4n) is 3.21. The number of anilines is 1. The van der Waals surface area contributed by atoms with Crippen LogP contribution < -0.4 is 11.1 Å². The summed E-state index contributed by atoms with van der Waals surface area (Å²) in [5.74, 6) is 0.358. The summed E-state index contributed by atoms with van der Waals surface area (Å²) < 4.78 is 23.6. The predicted octanol–water partition coefficient (Wildman–Crippen LogP) is 1.42. The molecule has 2 unspecified atom stereocenters. The number of nitrogens with one attached hydrogen (secondary N) is 1. The molecule has 0 aromatic heterocycles. The Bertz CT molecular complexity index is 583. The van der Waals surface area contributed by atoms with Gasteiger partial charge in [-0.25, -0.2) is 8.42 Å². The number of rotatable bonds is 3. The monoisotopic (exact) mass is 280 g/mol. The highest BCUT2D eigenvalue weighted by Crippen LogP contribution is 2.32. The van der Waals surface area contributed by atoms with E-state index in [1.54, 1.807) is 0 Å². The van der Waals surface area contributed by atoms with Gasteiger partial charge in [-0.05, 0) is 48.9 Å². The van der Waals surface area contributed by atoms with Gasteiger partial charge in [0.25, 0.3) is 0 Å². The van der Waals surface area contributed by atoms with Crippen LogP contribution in [0.15, 0.2) is 18.2 Å². The van der Waals surface area contributed by atoms with Gasteiger partial charge in [0, 0.05) is 18.3 Å². The van der Waals surface area contributed by atoms with Crippen LogP contribution in [0.25, 0.3) is 0 Å². The summed E-state index contributed by atoms with van der Waals surface area (Å²) in [4.78, 5) is 0. The van der Waals surface area contributed by atoms with Crippen molar-refractivity contribution >= 4 is 15.5 Å². The first-order chi connectivity index (χ1) is 9.06. The number of nitrogens with two attached hydrogens (primary N) is 1. The topological polar surface area (TPSA) is 72.2 Å². The van der Waals surface area contributed by atoms with E-state index in [-0.39, 0.29) is 11.3 Å². The third-order valence-corrected chi connectivity index (χ3v) is 6.58. The van der Waals surface area contributed by atoms with Gasteiger partial charge >= 0.3 is 0 Å².